The number of nitrogens with one attached hydrogen (secondary N) is 1. The minimum Gasteiger partial charge on any atom is -0.345 e. The number of benzene rings is 1. The molecule has 0 bridgehead atoms. The molecular weight excluding hydrogens is 346 g/mol. The van der Waals surface area contributed by atoms with Crippen LogP contribution in [0.15, 0.2) is 23.6 Å². The van der Waals surface area contributed by atoms with Crippen molar-refractivity contribution in [1.29, 1.82) is 0 Å². The first-order chi connectivity index (χ1) is 11.3. The fourth-order valence-corrected chi connectivity index (χ4v) is 3.08. The molecule has 24 heavy (non-hydrogen) atoms. The lowest BCUT2D eigenvalue weighted by atomic mass is 10.1. The zero-order chi connectivity index (χ0) is 17.9. The maximum Gasteiger partial charge on any atom is 0.254 e. The van der Waals surface area contributed by atoms with Crippen LogP contribution in [0.5, 0.6) is 0 Å². The molecule has 0 unspecified atom stereocenters. The quantitative estimate of drug-likeness (QED) is 0.876. The van der Waals surface area contributed by atoms with E-state index in [0.717, 1.165) is 10.7 Å². The lowest BCUT2D eigenvalue weighted by Gasteiger charge is -2.13. The Labute approximate surface area is 150 Å². The average Bonchev–Trinajstić information content (AvgIpc) is 2.97. The van der Waals surface area contributed by atoms with Gasteiger partial charge in [-0.05, 0) is 18.2 Å². The van der Waals surface area contributed by atoms with Crippen LogP contribution in [0.4, 0.5) is 5.69 Å². The van der Waals surface area contributed by atoms with Crippen molar-refractivity contribution >= 4 is 40.4 Å². The number of thiazole rings is 1. The molecule has 128 valence electrons. The third-order valence-corrected chi connectivity index (χ3v) is 4.82. The Morgan fingerprint density at radius 3 is 2.62 bits per heavy atom. The standard InChI is InChI=1S/C17H20ClN3O2S/c1-10(2)16-20-12(9-24-16)8-15(22)19-11-5-6-14(18)13(7-11)17(23)21(3)4/h5-7,9-10H,8H2,1-4H3,(H,19,22). The third kappa shape index (κ3) is 4.55. The van der Waals surface area contributed by atoms with Crippen LogP contribution in [0, 0.1) is 0 Å². The van der Waals surface area contributed by atoms with Crippen molar-refractivity contribution < 1.29 is 9.59 Å². The highest BCUT2D eigenvalue weighted by Crippen LogP contribution is 2.23. The summed E-state index contributed by atoms with van der Waals surface area (Å²) < 4.78 is 0. The summed E-state index contributed by atoms with van der Waals surface area (Å²) in [7, 11) is 3.30. The molecule has 0 atom stereocenters. The van der Waals surface area contributed by atoms with Gasteiger partial charge in [-0.3, -0.25) is 9.59 Å². The smallest absolute Gasteiger partial charge is 0.254 e. The van der Waals surface area contributed by atoms with Crippen LogP contribution >= 0.6 is 22.9 Å². The Hall–Kier alpha value is -1.92. The summed E-state index contributed by atoms with van der Waals surface area (Å²) in [5.41, 5.74) is 1.64. The number of rotatable bonds is 5. The Kier molecular flexibility index (Phi) is 5.96. The lowest BCUT2D eigenvalue weighted by Crippen LogP contribution is -2.22. The molecule has 0 aliphatic rings. The molecule has 7 heteroatoms. The van der Waals surface area contributed by atoms with Gasteiger partial charge in [0.15, 0.2) is 0 Å². The first-order valence-electron chi connectivity index (χ1n) is 7.53. The van der Waals surface area contributed by atoms with Crippen LogP contribution in [0.1, 0.15) is 40.8 Å². The van der Waals surface area contributed by atoms with Gasteiger partial charge in [0.05, 0.1) is 27.7 Å². The SMILES string of the molecule is CC(C)c1nc(CC(=O)Nc2ccc(Cl)c(C(=O)N(C)C)c2)cs1. The number of anilines is 1. The van der Waals surface area contributed by atoms with Crippen molar-refractivity contribution in [2.24, 2.45) is 0 Å². The summed E-state index contributed by atoms with van der Waals surface area (Å²) in [6.07, 6.45) is 0.197. The van der Waals surface area contributed by atoms with Crippen molar-refractivity contribution in [2.75, 3.05) is 19.4 Å². The van der Waals surface area contributed by atoms with E-state index >= 15 is 0 Å². The van der Waals surface area contributed by atoms with Gasteiger partial charge in [-0.15, -0.1) is 11.3 Å². The molecular formula is C17H20ClN3O2S. The molecule has 0 saturated heterocycles. The van der Waals surface area contributed by atoms with Crippen molar-refractivity contribution in [1.82, 2.24) is 9.88 Å². The summed E-state index contributed by atoms with van der Waals surface area (Å²) in [5, 5.41) is 6.06. The largest absolute Gasteiger partial charge is 0.345 e. The van der Waals surface area contributed by atoms with Crippen LogP contribution in [-0.2, 0) is 11.2 Å². The van der Waals surface area contributed by atoms with Crippen LogP contribution in [-0.4, -0.2) is 35.8 Å². The maximum absolute atomic E-state index is 12.2. The second kappa shape index (κ2) is 7.77. The van der Waals surface area contributed by atoms with E-state index < -0.39 is 0 Å². The molecule has 2 aromatic rings. The minimum atomic E-state index is -0.211. The summed E-state index contributed by atoms with van der Waals surface area (Å²) in [6, 6.07) is 4.87. The van der Waals surface area contributed by atoms with Crippen molar-refractivity contribution in [3.63, 3.8) is 0 Å². The zero-order valence-corrected chi connectivity index (χ0v) is 15.7. The molecule has 1 N–H and O–H groups in total. The Morgan fingerprint density at radius 2 is 2.04 bits per heavy atom. The maximum atomic E-state index is 12.2. The fraction of sp³-hybridized carbons (Fsp3) is 0.353. The number of carbonyl (C=O) groups excluding carboxylic acids is 2. The highest BCUT2D eigenvalue weighted by molar-refractivity contribution is 7.09. The predicted molar refractivity (Wildman–Crippen MR) is 98.0 cm³/mol. The molecule has 1 aromatic heterocycles. The number of aromatic nitrogens is 1. The van der Waals surface area contributed by atoms with Gasteiger partial charge in [-0.25, -0.2) is 4.98 Å². The predicted octanol–water partition coefficient (Wildman–Crippen LogP) is 3.80. The monoisotopic (exact) mass is 365 g/mol. The van der Waals surface area contributed by atoms with E-state index in [1.807, 2.05) is 5.38 Å². The number of nitrogens with zero attached hydrogens (tertiary/aromatic N) is 2. The molecule has 0 aliphatic carbocycles. The van der Waals surface area contributed by atoms with E-state index in [0.29, 0.717) is 22.2 Å². The van der Waals surface area contributed by atoms with Gasteiger partial charge < -0.3 is 10.2 Å². The number of hydrogen-bond acceptors (Lipinski definition) is 4. The summed E-state index contributed by atoms with van der Waals surface area (Å²) >= 11 is 7.62. The van der Waals surface area contributed by atoms with Gasteiger partial charge in [0.25, 0.3) is 5.91 Å². The number of carbonyl (C=O) groups is 2. The van der Waals surface area contributed by atoms with Crippen LogP contribution in [0.2, 0.25) is 5.02 Å². The topological polar surface area (TPSA) is 62.3 Å². The molecule has 0 fully saturated rings. The van der Waals surface area contributed by atoms with E-state index in [-0.39, 0.29) is 18.2 Å². The van der Waals surface area contributed by atoms with E-state index in [9.17, 15) is 9.59 Å². The van der Waals surface area contributed by atoms with Gasteiger partial charge in [0.1, 0.15) is 0 Å². The third-order valence-electron chi connectivity index (χ3n) is 3.29. The molecule has 0 radical (unpaired) electrons. The van der Waals surface area contributed by atoms with Gasteiger partial charge in [-0.2, -0.15) is 0 Å². The van der Waals surface area contributed by atoms with Gasteiger partial charge in [0.2, 0.25) is 5.91 Å². The number of amides is 2. The van der Waals surface area contributed by atoms with Crippen LogP contribution in [0.25, 0.3) is 0 Å². The molecule has 5 nitrogen and oxygen atoms in total. The van der Waals surface area contributed by atoms with Gasteiger partial charge in [0, 0.05) is 31.1 Å². The second-order valence-electron chi connectivity index (χ2n) is 5.95. The fourth-order valence-electron chi connectivity index (χ4n) is 2.05. The minimum absolute atomic E-state index is 0.179. The van der Waals surface area contributed by atoms with E-state index in [4.69, 9.17) is 11.6 Å². The first-order valence-corrected chi connectivity index (χ1v) is 8.79. The molecule has 0 aliphatic heterocycles. The molecule has 1 aromatic carbocycles. The first kappa shape index (κ1) is 18.4. The molecule has 0 spiro atoms. The van der Waals surface area contributed by atoms with E-state index in [1.165, 1.54) is 4.90 Å². The van der Waals surface area contributed by atoms with Crippen LogP contribution in [0.3, 0.4) is 0 Å². The van der Waals surface area contributed by atoms with Crippen molar-refractivity contribution in [2.45, 2.75) is 26.2 Å². The summed E-state index contributed by atoms with van der Waals surface area (Å²) in [4.78, 5) is 30.2. The van der Waals surface area contributed by atoms with E-state index in [2.05, 4.69) is 24.1 Å². The normalized spacial score (nSPS) is 10.8. The molecule has 1 heterocycles. The van der Waals surface area contributed by atoms with Gasteiger partial charge in [-0.1, -0.05) is 25.4 Å². The number of hydrogen-bond donors (Lipinski definition) is 1. The van der Waals surface area contributed by atoms with Gasteiger partial charge >= 0.3 is 0 Å². The van der Waals surface area contributed by atoms with E-state index in [1.54, 1.807) is 43.6 Å². The highest BCUT2D eigenvalue weighted by atomic mass is 35.5. The molecule has 2 amide bonds. The summed E-state index contributed by atoms with van der Waals surface area (Å²) in [5.74, 6) is -0.0407. The molecule has 0 saturated carbocycles. The highest BCUT2D eigenvalue weighted by Gasteiger charge is 2.15. The Morgan fingerprint density at radius 1 is 1.33 bits per heavy atom. The average molecular weight is 366 g/mol. The van der Waals surface area contributed by atoms with Crippen molar-refractivity contribution in [3.8, 4) is 0 Å². The molecule has 2 rings (SSSR count). The second-order valence-corrected chi connectivity index (χ2v) is 7.25. The van der Waals surface area contributed by atoms with Crippen LogP contribution < -0.4 is 5.32 Å². The summed E-state index contributed by atoms with van der Waals surface area (Å²) in [6.45, 7) is 4.14. The zero-order valence-electron chi connectivity index (χ0n) is 14.1. The van der Waals surface area contributed by atoms with Crippen molar-refractivity contribution in [3.05, 3.63) is 44.9 Å². The Bertz CT molecular complexity index is 756. The number of halogens is 1. The Balaban J connectivity index is 2.08. The lowest BCUT2D eigenvalue weighted by molar-refractivity contribution is -0.115.